The van der Waals surface area contributed by atoms with Crippen LogP contribution in [0.4, 0.5) is 0 Å². The van der Waals surface area contributed by atoms with Crippen molar-refractivity contribution < 1.29 is 0 Å². The van der Waals surface area contributed by atoms with Crippen LogP contribution in [0.2, 0.25) is 0 Å². The van der Waals surface area contributed by atoms with Crippen LogP contribution in [0.25, 0.3) is 0 Å². The Morgan fingerprint density at radius 3 is 2.50 bits per heavy atom. The van der Waals surface area contributed by atoms with Crippen LogP contribution in [0, 0.1) is 11.5 Å². The summed E-state index contributed by atoms with van der Waals surface area (Å²) in [6.45, 7) is 3.90. The van der Waals surface area contributed by atoms with Crippen molar-refractivity contribution in [3.63, 3.8) is 0 Å². The molecule has 0 aliphatic heterocycles. The molecule has 0 fully saturated rings. The summed E-state index contributed by atoms with van der Waals surface area (Å²) in [5, 5.41) is 8.85. The molecule has 0 radical (unpaired) electrons. The lowest BCUT2D eigenvalue weighted by Gasteiger charge is -2.13. The van der Waals surface area contributed by atoms with Crippen molar-refractivity contribution >= 4 is 0 Å². The summed E-state index contributed by atoms with van der Waals surface area (Å²) in [4.78, 5) is 1.85. The molecule has 1 aromatic carbocycles. The van der Waals surface area contributed by atoms with Crippen molar-refractivity contribution in [2.75, 3.05) is 13.1 Å². The zero-order chi connectivity index (χ0) is 11.6. The van der Waals surface area contributed by atoms with Crippen LogP contribution in [-0.2, 0) is 6.42 Å². The van der Waals surface area contributed by atoms with E-state index in [4.69, 9.17) is 5.26 Å². The molecule has 16 heavy (non-hydrogen) atoms. The Hall–Kier alpha value is -1.49. The molecule has 0 unspecified atom stereocenters. The third-order valence-electron chi connectivity index (χ3n) is 2.62. The van der Waals surface area contributed by atoms with Crippen molar-refractivity contribution in [2.45, 2.75) is 32.6 Å². The van der Waals surface area contributed by atoms with Crippen LogP contribution in [0.15, 0.2) is 30.3 Å². The van der Waals surface area contributed by atoms with Crippen LogP contribution in [0.1, 0.15) is 31.7 Å². The standard InChI is InChI=1S/C14H20N2/c1-2-11-16(13-15)12-7-6-10-14-8-4-3-5-9-14/h3-5,8-9H,2,6-7,10-12H2,1H3. The summed E-state index contributed by atoms with van der Waals surface area (Å²) < 4.78 is 0. The van der Waals surface area contributed by atoms with Crippen LogP contribution >= 0.6 is 0 Å². The molecule has 0 saturated heterocycles. The Labute approximate surface area is 98.5 Å². The molecule has 0 atom stereocenters. The van der Waals surface area contributed by atoms with Crippen molar-refractivity contribution in [3.8, 4) is 6.19 Å². The fourth-order valence-electron chi connectivity index (χ4n) is 1.76. The second-order valence-electron chi connectivity index (χ2n) is 4.03. The largest absolute Gasteiger partial charge is 0.311 e. The van der Waals surface area contributed by atoms with Gasteiger partial charge in [0.25, 0.3) is 0 Å². The van der Waals surface area contributed by atoms with Gasteiger partial charge in [-0.3, -0.25) is 0 Å². The van der Waals surface area contributed by atoms with Gasteiger partial charge in [0.15, 0.2) is 6.19 Å². The highest BCUT2D eigenvalue weighted by molar-refractivity contribution is 5.14. The van der Waals surface area contributed by atoms with Gasteiger partial charge in [-0.2, -0.15) is 5.26 Å². The summed E-state index contributed by atoms with van der Waals surface area (Å²) in [6.07, 6.45) is 6.66. The van der Waals surface area contributed by atoms with Gasteiger partial charge in [-0.05, 0) is 31.2 Å². The number of hydrogen-bond acceptors (Lipinski definition) is 2. The minimum atomic E-state index is 0.891. The van der Waals surface area contributed by atoms with E-state index in [1.807, 2.05) is 11.0 Å². The minimum Gasteiger partial charge on any atom is -0.311 e. The lowest BCUT2D eigenvalue weighted by atomic mass is 10.1. The SMILES string of the molecule is CCCN(C#N)CCCCc1ccccc1. The molecular formula is C14H20N2. The van der Waals surface area contributed by atoms with Crippen molar-refractivity contribution in [3.05, 3.63) is 35.9 Å². The topological polar surface area (TPSA) is 27.0 Å². The average Bonchev–Trinajstić information content (AvgIpc) is 2.34. The zero-order valence-electron chi connectivity index (χ0n) is 10.0. The van der Waals surface area contributed by atoms with Gasteiger partial charge in [-0.15, -0.1) is 0 Å². The van der Waals surface area contributed by atoms with Crippen LogP contribution < -0.4 is 0 Å². The number of aryl methyl sites for hydroxylation is 1. The molecule has 0 heterocycles. The molecule has 0 saturated carbocycles. The van der Waals surface area contributed by atoms with E-state index < -0.39 is 0 Å². The number of nitrogens with zero attached hydrogens (tertiary/aromatic N) is 2. The predicted octanol–water partition coefficient (Wildman–Crippen LogP) is 3.20. The normalized spacial score (nSPS) is 9.75. The minimum absolute atomic E-state index is 0.891. The van der Waals surface area contributed by atoms with E-state index in [1.54, 1.807) is 0 Å². The number of benzene rings is 1. The Kier molecular flexibility index (Phi) is 6.10. The van der Waals surface area contributed by atoms with Gasteiger partial charge in [0.2, 0.25) is 0 Å². The van der Waals surface area contributed by atoms with Gasteiger partial charge in [0, 0.05) is 13.1 Å². The molecule has 0 aliphatic rings. The second kappa shape index (κ2) is 7.76. The average molecular weight is 216 g/mol. The van der Waals surface area contributed by atoms with Gasteiger partial charge in [-0.1, -0.05) is 37.3 Å². The maximum absolute atomic E-state index is 8.85. The molecule has 0 N–H and O–H groups in total. The number of unbranched alkanes of at least 4 members (excludes halogenated alkanes) is 1. The number of hydrogen-bond donors (Lipinski definition) is 0. The lowest BCUT2D eigenvalue weighted by molar-refractivity contribution is 0.379. The van der Waals surface area contributed by atoms with Crippen LogP contribution in [0.5, 0.6) is 0 Å². The summed E-state index contributed by atoms with van der Waals surface area (Å²) in [5.74, 6) is 0. The summed E-state index contributed by atoms with van der Waals surface area (Å²) in [6, 6.07) is 10.5. The predicted molar refractivity (Wildman–Crippen MR) is 66.9 cm³/mol. The monoisotopic (exact) mass is 216 g/mol. The Balaban J connectivity index is 2.14. The first-order valence-corrected chi connectivity index (χ1v) is 6.05. The molecule has 1 rings (SSSR count). The highest BCUT2D eigenvalue weighted by Crippen LogP contribution is 2.05. The van der Waals surface area contributed by atoms with E-state index in [0.717, 1.165) is 38.8 Å². The molecule has 0 bridgehead atoms. The van der Waals surface area contributed by atoms with Gasteiger partial charge in [0.05, 0.1) is 0 Å². The van der Waals surface area contributed by atoms with Crippen molar-refractivity contribution in [1.29, 1.82) is 5.26 Å². The maximum atomic E-state index is 8.85. The molecule has 0 aliphatic carbocycles. The van der Waals surface area contributed by atoms with Crippen LogP contribution in [-0.4, -0.2) is 18.0 Å². The molecule has 0 aromatic heterocycles. The molecule has 2 nitrogen and oxygen atoms in total. The number of rotatable bonds is 7. The quantitative estimate of drug-likeness (QED) is 0.397. The molecule has 2 heteroatoms. The Morgan fingerprint density at radius 2 is 1.88 bits per heavy atom. The Bertz CT molecular complexity index is 313. The van der Waals surface area contributed by atoms with Gasteiger partial charge in [0.1, 0.15) is 0 Å². The van der Waals surface area contributed by atoms with E-state index >= 15 is 0 Å². The lowest BCUT2D eigenvalue weighted by Crippen LogP contribution is -2.19. The number of nitriles is 1. The van der Waals surface area contributed by atoms with Gasteiger partial charge >= 0.3 is 0 Å². The van der Waals surface area contributed by atoms with E-state index in [0.29, 0.717) is 0 Å². The fourth-order valence-corrected chi connectivity index (χ4v) is 1.76. The molecule has 1 aromatic rings. The first-order chi connectivity index (χ1) is 7.86. The second-order valence-corrected chi connectivity index (χ2v) is 4.03. The first-order valence-electron chi connectivity index (χ1n) is 6.05. The fraction of sp³-hybridized carbons (Fsp3) is 0.500. The van der Waals surface area contributed by atoms with Gasteiger partial charge < -0.3 is 4.90 Å². The highest BCUT2D eigenvalue weighted by atomic mass is 15.1. The summed E-state index contributed by atoms with van der Waals surface area (Å²) in [7, 11) is 0. The molecule has 0 spiro atoms. The zero-order valence-corrected chi connectivity index (χ0v) is 10.0. The van der Waals surface area contributed by atoms with E-state index in [9.17, 15) is 0 Å². The van der Waals surface area contributed by atoms with Crippen LogP contribution in [0.3, 0.4) is 0 Å². The third kappa shape index (κ3) is 4.84. The molecular weight excluding hydrogens is 196 g/mol. The third-order valence-corrected chi connectivity index (χ3v) is 2.62. The summed E-state index contributed by atoms with van der Waals surface area (Å²) in [5.41, 5.74) is 1.39. The smallest absolute Gasteiger partial charge is 0.179 e. The first kappa shape index (κ1) is 12.6. The molecule has 86 valence electrons. The Morgan fingerprint density at radius 1 is 1.12 bits per heavy atom. The highest BCUT2D eigenvalue weighted by Gasteiger charge is 1.99. The van der Waals surface area contributed by atoms with E-state index in [-0.39, 0.29) is 0 Å². The van der Waals surface area contributed by atoms with E-state index in [2.05, 4.69) is 37.4 Å². The van der Waals surface area contributed by atoms with Gasteiger partial charge in [-0.25, -0.2) is 0 Å². The van der Waals surface area contributed by atoms with Crippen molar-refractivity contribution in [2.24, 2.45) is 0 Å². The van der Waals surface area contributed by atoms with Crippen molar-refractivity contribution in [1.82, 2.24) is 4.90 Å². The molecule has 0 amide bonds. The maximum Gasteiger partial charge on any atom is 0.179 e. The summed E-state index contributed by atoms with van der Waals surface area (Å²) >= 11 is 0. The van der Waals surface area contributed by atoms with E-state index in [1.165, 1.54) is 5.56 Å².